The number of benzene rings is 1. The van der Waals surface area contributed by atoms with Crippen molar-refractivity contribution in [1.29, 1.82) is 0 Å². The maximum absolute atomic E-state index is 12.8. The average molecular weight is 397 g/mol. The monoisotopic (exact) mass is 396 g/mol. The van der Waals surface area contributed by atoms with E-state index in [0.29, 0.717) is 23.6 Å². The molecule has 0 saturated heterocycles. The lowest BCUT2D eigenvalue weighted by molar-refractivity contribution is -0.160. The molecule has 0 spiro atoms. The number of halogens is 1. The number of fused-ring (bicyclic) bond motifs is 1. The van der Waals surface area contributed by atoms with Crippen LogP contribution in [-0.4, -0.2) is 45.6 Å². The highest BCUT2D eigenvalue weighted by atomic mass is 35.5. The number of hydrogen-bond donors (Lipinski definition) is 2. The molecule has 1 heterocycles. The van der Waals surface area contributed by atoms with Gasteiger partial charge in [0.15, 0.2) is 0 Å². The van der Waals surface area contributed by atoms with E-state index in [2.05, 4.69) is 5.32 Å². The van der Waals surface area contributed by atoms with Crippen LogP contribution in [0.25, 0.3) is 0 Å². The first-order valence-corrected chi connectivity index (χ1v) is 9.86. The number of nitrogens with one attached hydrogen (secondary N) is 1. The zero-order valence-corrected chi connectivity index (χ0v) is 16.0. The van der Waals surface area contributed by atoms with Crippen molar-refractivity contribution in [2.24, 2.45) is 0 Å². The van der Waals surface area contributed by atoms with Gasteiger partial charge in [-0.3, -0.25) is 9.59 Å². The van der Waals surface area contributed by atoms with E-state index in [9.17, 15) is 19.5 Å². The van der Waals surface area contributed by atoms with Gasteiger partial charge in [0, 0.05) is 23.4 Å². The van der Waals surface area contributed by atoms with E-state index in [4.69, 9.17) is 11.6 Å². The highest BCUT2D eigenvalue weighted by molar-refractivity contribution is 8.01. The van der Waals surface area contributed by atoms with Crippen LogP contribution >= 0.6 is 23.4 Å². The zero-order chi connectivity index (χ0) is 18.9. The molecule has 2 aliphatic rings. The fourth-order valence-electron chi connectivity index (χ4n) is 3.62. The number of amides is 2. The zero-order valence-electron chi connectivity index (χ0n) is 14.5. The quantitative estimate of drug-likeness (QED) is 0.814. The van der Waals surface area contributed by atoms with Crippen LogP contribution in [0.1, 0.15) is 38.5 Å². The summed E-state index contributed by atoms with van der Waals surface area (Å²) in [5.74, 6) is -1.55. The molecule has 6 nitrogen and oxygen atoms in total. The number of carbonyl (C=O) groups is 3. The average Bonchev–Trinajstić information content (AvgIpc) is 2.62. The molecule has 140 valence electrons. The fourth-order valence-corrected chi connectivity index (χ4v) is 4.87. The molecule has 1 aliphatic heterocycles. The second-order valence-corrected chi connectivity index (χ2v) is 8.47. The Balaban J connectivity index is 1.73. The molecule has 0 aromatic heterocycles. The molecule has 1 aliphatic carbocycles. The van der Waals surface area contributed by atoms with E-state index in [-0.39, 0.29) is 18.2 Å². The minimum Gasteiger partial charge on any atom is -0.479 e. The Kier molecular flexibility index (Phi) is 5.48. The van der Waals surface area contributed by atoms with Gasteiger partial charge >= 0.3 is 5.97 Å². The molecule has 0 bridgehead atoms. The lowest BCUT2D eigenvalue weighted by atomic mass is 9.80. The van der Waals surface area contributed by atoms with Crippen LogP contribution < -0.4 is 5.32 Å². The first-order chi connectivity index (χ1) is 12.3. The van der Waals surface area contributed by atoms with Crippen molar-refractivity contribution in [1.82, 2.24) is 4.90 Å². The van der Waals surface area contributed by atoms with Crippen molar-refractivity contribution in [3.63, 3.8) is 0 Å². The molecule has 1 atom stereocenters. The normalized spacial score (nSPS) is 21.5. The number of carboxylic acid groups (broad SMARTS) is 1. The Morgan fingerprint density at radius 1 is 1.35 bits per heavy atom. The van der Waals surface area contributed by atoms with E-state index < -0.39 is 16.8 Å². The third-order valence-corrected chi connectivity index (χ3v) is 6.73. The SMILES string of the molecule is CN(C(=O)CC1Sc2ccc(Cl)cc2NC1=O)C1(C(=O)O)CCCCC1. The summed E-state index contributed by atoms with van der Waals surface area (Å²) < 4.78 is 0. The molecular weight excluding hydrogens is 376 g/mol. The van der Waals surface area contributed by atoms with Crippen molar-refractivity contribution in [2.75, 3.05) is 12.4 Å². The number of carboxylic acids is 1. The molecule has 1 fully saturated rings. The summed E-state index contributed by atoms with van der Waals surface area (Å²) >= 11 is 7.25. The van der Waals surface area contributed by atoms with Crippen molar-refractivity contribution in [3.05, 3.63) is 23.2 Å². The second-order valence-electron chi connectivity index (χ2n) is 6.79. The van der Waals surface area contributed by atoms with E-state index >= 15 is 0 Å². The van der Waals surface area contributed by atoms with Crippen LogP contribution in [0, 0.1) is 0 Å². The van der Waals surface area contributed by atoms with Crippen LogP contribution in [0.15, 0.2) is 23.1 Å². The summed E-state index contributed by atoms with van der Waals surface area (Å²) in [7, 11) is 1.54. The lowest BCUT2D eigenvalue weighted by Crippen LogP contribution is -2.56. The maximum Gasteiger partial charge on any atom is 0.329 e. The largest absolute Gasteiger partial charge is 0.479 e. The maximum atomic E-state index is 12.8. The van der Waals surface area contributed by atoms with Gasteiger partial charge in [0.05, 0.1) is 10.9 Å². The lowest BCUT2D eigenvalue weighted by Gasteiger charge is -2.41. The molecule has 8 heteroatoms. The van der Waals surface area contributed by atoms with Gasteiger partial charge in [-0.05, 0) is 31.0 Å². The predicted octanol–water partition coefficient (Wildman–Crippen LogP) is 3.39. The van der Waals surface area contributed by atoms with Crippen molar-refractivity contribution < 1.29 is 19.5 Å². The summed E-state index contributed by atoms with van der Waals surface area (Å²) in [6.07, 6.45) is 3.43. The van der Waals surface area contributed by atoms with E-state index in [0.717, 1.165) is 24.2 Å². The summed E-state index contributed by atoms with van der Waals surface area (Å²) in [5, 5.41) is 12.4. The molecule has 1 saturated carbocycles. The topological polar surface area (TPSA) is 86.7 Å². The number of hydrogen-bond acceptors (Lipinski definition) is 4. The first kappa shape index (κ1) is 19.0. The standard InChI is InChI=1S/C18H21ClN2O4S/c1-21(18(17(24)25)7-3-2-4-8-18)15(22)10-14-16(23)20-12-9-11(19)5-6-13(12)26-14/h5-6,9,14H,2-4,7-8,10H2,1H3,(H,20,23)(H,24,25). The number of aliphatic carboxylic acids is 1. The Bertz CT molecular complexity index is 749. The summed E-state index contributed by atoms with van der Waals surface area (Å²) in [6, 6.07) is 5.22. The van der Waals surface area contributed by atoms with Crippen LogP contribution in [-0.2, 0) is 14.4 Å². The highest BCUT2D eigenvalue weighted by Crippen LogP contribution is 2.39. The molecule has 1 aromatic rings. The van der Waals surface area contributed by atoms with Crippen molar-refractivity contribution in [2.45, 2.75) is 54.2 Å². The smallest absolute Gasteiger partial charge is 0.329 e. The Morgan fingerprint density at radius 2 is 2.04 bits per heavy atom. The van der Waals surface area contributed by atoms with E-state index in [1.54, 1.807) is 19.2 Å². The van der Waals surface area contributed by atoms with Crippen LogP contribution in [0.4, 0.5) is 5.69 Å². The molecule has 1 unspecified atom stereocenters. The molecule has 2 amide bonds. The van der Waals surface area contributed by atoms with E-state index in [1.807, 2.05) is 6.07 Å². The van der Waals surface area contributed by atoms with Gasteiger partial charge in [0.25, 0.3) is 0 Å². The van der Waals surface area contributed by atoms with Gasteiger partial charge in [-0.2, -0.15) is 0 Å². The van der Waals surface area contributed by atoms with Crippen molar-refractivity contribution >= 4 is 46.8 Å². The van der Waals surface area contributed by atoms with Gasteiger partial charge in [0.1, 0.15) is 5.54 Å². The Morgan fingerprint density at radius 3 is 2.69 bits per heavy atom. The third-order valence-electron chi connectivity index (χ3n) is 5.22. The summed E-state index contributed by atoms with van der Waals surface area (Å²) in [4.78, 5) is 39.2. The molecule has 1 aromatic carbocycles. The highest BCUT2D eigenvalue weighted by Gasteiger charge is 2.46. The van der Waals surface area contributed by atoms with Crippen LogP contribution in [0.5, 0.6) is 0 Å². The Labute approximate surface area is 161 Å². The number of anilines is 1. The minimum atomic E-state index is -1.16. The summed E-state index contributed by atoms with van der Waals surface area (Å²) in [5.41, 5.74) is -0.518. The third kappa shape index (κ3) is 3.55. The van der Waals surface area contributed by atoms with Crippen LogP contribution in [0.3, 0.4) is 0 Å². The van der Waals surface area contributed by atoms with Gasteiger partial charge in [-0.25, -0.2) is 4.79 Å². The van der Waals surface area contributed by atoms with Gasteiger partial charge in [-0.15, -0.1) is 11.8 Å². The minimum absolute atomic E-state index is 0.0376. The number of likely N-dealkylation sites (N-methyl/N-ethyl adjacent to an activating group) is 1. The molecule has 3 rings (SSSR count). The number of carbonyl (C=O) groups excluding carboxylic acids is 2. The van der Waals surface area contributed by atoms with Gasteiger partial charge in [0.2, 0.25) is 11.8 Å². The first-order valence-electron chi connectivity index (χ1n) is 8.60. The van der Waals surface area contributed by atoms with Gasteiger partial charge < -0.3 is 15.3 Å². The molecule has 0 radical (unpaired) electrons. The van der Waals surface area contributed by atoms with E-state index in [1.165, 1.54) is 16.7 Å². The second kappa shape index (κ2) is 7.48. The summed E-state index contributed by atoms with van der Waals surface area (Å²) in [6.45, 7) is 0. The predicted molar refractivity (Wildman–Crippen MR) is 101 cm³/mol. The molecular formula is C18H21ClN2O4S. The van der Waals surface area contributed by atoms with Crippen LogP contribution in [0.2, 0.25) is 5.02 Å². The fraction of sp³-hybridized carbons (Fsp3) is 0.500. The van der Waals surface area contributed by atoms with Gasteiger partial charge in [-0.1, -0.05) is 30.9 Å². The van der Waals surface area contributed by atoms with Crippen molar-refractivity contribution in [3.8, 4) is 0 Å². The molecule has 2 N–H and O–H groups in total. The Hall–Kier alpha value is -1.73. The number of rotatable bonds is 4. The number of nitrogens with zero attached hydrogens (tertiary/aromatic N) is 1. The molecule has 26 heavy (non-hydrogen) atoms. The number of thioether (sulfide) groups is 1.